The van der Waals surface area contributed by atoms with Gasteiger partial charge in [0.05, 0.1) is 34.5 Å². The smallest absolute Gasteiger partial charge is 0.260 e. The SMILES string of the molecule is COc1ccc2nc(N(Cc3ccccn3)C(=O)c3cccc(S(C)(=O)=O)c3)sc2c1. The van der Waals surface area contributed by atoms with E-state index >= 15 is 0 Å². The summed E-state index contributed by atoms with van der Waals surface area (Å²) in [5.74, 6) is 0.341. The summed E-state index contributed by atoms with van der Waals surface area (Å²) >= 11 is 1.35. The van der Waals surface area contributed by atoms with Gasteiger partial charge in [-0.15, -0.1) is 0 Å². The van der Waals surface area contributed by atoms with Crippen LogP contribution in [0.4, 0.5) is 5.13 Å². The molecule has 2 heterocycles. The predicted molar refractivity (Wildman–Crippen MR) is 120 cm³/mol. The highest BCUT2D eigenvalue weighted by atomic mass is 32.2. The normalized spacial score (nSPS) is 11.4. The van der Waals surface area contributed by atoms with E-state index in [4.69, 9.17) is 4.74 Å². The van der Waals surface area contributed by atoms with Crippen LogP contribution < -0.4 is 9.64 Å². The summed E-state index contributed by atoms with van der Waals surface area (Å²) in [5, 5.41) is 0.490. The molecule has 2 aromatic carbocycles. The van der Waals surface area contributed by atoms with E-state index in [1.54, 1.807) is 31.5 Å². The van der Waals surface area contributed by atoms with Gasteiger partial charge in [0.2, 0.25) is 0 Å². The first-order valence-corrected chi connectivity index (χ1v) is 12.0. The maximum atomic E-state index is 13.5. The molecule has 0 saturated heterocycles. The molecule has 0 N–H and O–H groups in total. The lowest BCUT2D eigenvalue weighted by Crippen LogP contribution is -2.30. The van der Waals surface area contributed by atoms with Gasteiger partial charge < -0.3 is 4.74 Å². The first-order valence-electron chi connectivity index (χ1n) is 9.31. The maximum absolute atomic E-state index is 13.5. The molecule has 0 atom stereocenters. The number of sulfone groups is 1. The summed E-state index contributed by atoms with van der Waals surface area (Å²) in [6.45, 7) is 0.194. The van der Waals surface area contributed by atoms with E-state index in [1.165, 1.54) is 28.4 Å². The van der Waals surface area contributed by atoms with Crippen LogP contribution in [0.5, 0.6) is 5.75 Å². The molecule has 2 aromatic heterocycles. The maximum Gasteiger partial charge on any atom is 0.260 e. The number of ether oxygens (including phenoxy) is 1. The Bertz CT molecular complexity index is 1350. The number of anilines is 1. The van der Waals surface area contributed by atoms with Gasteiger partial charge in [-0.3, -0.25) is 14.7 Å². The molecule has 0 aliphatic heterocycles. The Kier molecular flexibility index (Phi) is 5.71. The molecule has 0 radical (unpaired) electrons. The molecule has 158 valence electrons. The van der Waals surface area contributed by atoms with E-state index in [2.05, 4.69) is 9.97 Å². The van der Waals surface area contributed by atoms with Crippen LogP contribution in [0.25, 0.3) is 10.2 Å². The van der Waals surface area contributed by atoms with Crippen molar-refractivity contribution < 1.29 is 17.9 Å². The molecule has 0 unspecified atom stereocenters. The van der Waals surface area contributed by atoms with Crippen LogP contribution in [0.2, 0.25) is 0 Å². The van der Waals surface area contributed by atoms with Gasteiger partial charge in [0.1, 0.15) is 5.75 Å². The van der Waals surface area contributed by atoms with Gasteiger partial charge in [0, 0.05) is 18.0 Å². The molecule has 1 amide bonds. The molecular weight excluding hydrogens is 434 g/mol. The summed E-state index contributed by atoms with van der Waals surface area (Å²) in [6.07, 6.45) is 2.77. The fraction of sp³-hybridized carbons (Fsp3) is 0.136. The van der Waals surface area contributed by atoms with E-state index in [0.717, 1.165) is 16.5 Å². The third-order valence-corrected chi connectivity index (χ3v) is 6.77. The number of nitrogens with zero attached hydrogens (tertiary/aromatic N) is 3. The van der Waals surface area contributed by atoms with E-state index in [0.29, 0.717) is 16.6 Å². The molecule has 7 nitrogen and oxygen atoms in total. The second-order valence-corrected chi connectivity index (χ2v) is 9.87. The third kappa shape index (κ3) is 4.57. The number of hydrogen-bond donors (Lipinski definition) is 0. The van der Waals surface area contributed by atoms with Crippen LogP contribution in [0.1, 0.15) is 16.1 Å². The summed E-state index contributed by atoms with van der Waals surface area (Å²) in [4.78, 5) is 24.0. The van der Waals surface area contributed by atoms with Crippen molar-refractivity contribution in [2.24, 2.45) is 0 Å². The topological polar surface area (TPSA) is 89.5 Å². The summed E-state index contributed by atoms with van der Waals surface area (Å²) in [6, 6.07) is 17.0. The van der Waals surface area contributed by atoms with E-state index in [-0.39, 0.29) is 22.9 Å². The zero-order valence-electron chi connectivity index (χ0n) is 16.8. The Labute approximate surface area is 183 Å². The molecule has 4 aromatic rings. The predicted octanol–water partition coefficient (Wildman–Crippen LogP) is 3.95. The van der Waals surface area contributed by atoms with Gasteiger partial charge in [-0.2, -0.15) is 0 Å². The van der Waals surface area contributed by atoms with Gasteiger partial charge in [-0.1, -0.05) is 23.5 Å². The van der Waals surface area contributed by atoms with Crippen molar-refractivity contribution in [3.8, 4) is 5.75 Å². The number of thiazole rings is 1. The molecule has 4 rings (SSSR count). The number of hydrogen-bond acceptors (Lipinski definition) is 7. The lowest BCUT2D eigenvalue weighted by Gasteiger charge is -2.20. The first-order chi connectivity index (χ1) is 14.8. The standard InChI is InChI=1S/C22H19N3O4S2/c1-29-17-9-10-19-20(13-17)30-22(24-19)25(14-16-7-3-4-11-23-16)21(26)15-6-5-8-18(12-15)31(2,27)28/h3-13H,14H2,1-2H3. The number of aromatic nitrogens is 2. The average molecular weight is 454 g/mol. The quantitative estimate of drug-likeness (QED) is 0.439. The Balaban J connectivity index is 1.79. The van der Waals surface area contributed by atoms with Gasteiger partial charge >= 0.3 is 0 Å². The Morgan fingerprint density at radius 2 is 1.94 bits per heavy atom. The van der Waals surface area contributed by atoms with Gasteiger partial charge in [0.15, 0.2) is 15.0 Å². The fourth-order valence-electron chi connectivity index (χ4n) is 3.03. The monoisotopic (exact) mass is 453 g/mol. The second kappa shape index (κ2) is 8.44. The van der Waals surface area contributed by atoms with Crippen LogP contribution in [-0.2, 0) is 16.4 Å². The van der Waals surface area contributed by atoms with Crippen LogP contribution in [0, 0.1) is 0 Å². The average Bonchev–Trinajstić information content (AvgIpc) is 3.20. The molecule has 0 spiro atoms. The van der Waals surface area contributed by atoms with Crippen molar-refractivity contribution in [3.63, 3.8) is 0 Å². The van der Waals surface area contributed by atoms with Crippen molar-refractivity contribution in [1.29, 1.82) is 0 Å². The number of carbonyl (C=O) groups is 1. The molecule has 0 fully saturated rings. The molecule has 0 bridgehead atoms. The zero-order chi connectivity index (χ0) is 22.0. The number of fused-ring (bicyclic) bond motifs is 1. The number of amides is 1. The Hall–Kier alpha value is -3.30. The summed E-state index contributed by atoms with van der Waals surface area (Å²) in [5.41, 5.74) is 1.69. The van der Waals surface area contributed by atoms with E-state index in [9.17, 15) is 13.2 Å². The van der Waals surface area contributed by atoms with Crippen molar-refractivity contribution >= 4 is 42.4 Å². The number of carbonyl (C=O) groups excluding carboxylic acids is 1. The summed E-state index contributed by atoms with van der Waals surface area (Å²) in [7, 11) is -1.85. The van der Waals surface area contributed by atoms with Crippen LogP contribution in [0.15, 0.2) is 71.8 Å². The molecule has 0 aliphatic rings. The number of methoxy groups -OCH3 is 1. The molecule has 9 heteroatoms. The minimum atomic E-state index is -3.45. The van der Waals surface area contributed by atoms with Crippen LogP contribution in [0.3, 0.4) is 0 Å². The van der Waals surface area contributed by atoms with E-state index < -0.39 is 9.84 Å². The van der Waals surface area contributed by atoms with Gasteiger partial charge in [-0.05, 0) is 48.5 Å². The lowest BCUT2D eigenvalue weighted by atomic mass is 10.2. The first kappa shape index (κ1) is 21.0. The molecular formula is C22H19N3O4S2. The number of rotatable bonds is 6. The molecule has 0 saturated carbocycles. The third-order valence-electron chi connectivity index (χ3n) is 4.62. The number of pyridine rings is 1. The molecule has 31 heavy (non-hydrogen) atoms. The van der Waals surface area contributed by atoms with Gasteiger partial charge in [-0.25, -0.2) is 13.4 Å². The zero-order valence-corrected chi connectivity index (χ0v) is 18.5. The van der Waals surface area contributed by atoms with Gasteiger partial charge in [0.25, 0.3) is 5.91 Å². The highest BCUT2D eigenvalue weighted by Crippen LogP contribution is 2.33. The largest absolute Gasteiger partial charge is 0.497 e. The minimum Gasteiger partial charge on any atom is -0.497 e. The Morgan fingerprint density at radius 1 is 1.10 bits per heavy atom. The van der Waals surface area contributed by atoms with Crippen molar-refractivity contribution in [2.45, 2.75) is 11.4 Å². The van der Waals surface area contributed by atoms with E-state index in [1.807, 2.05) is 30.3 Å². The van der Waals surface area contributed by atoms with Crippen molar-refractivity contribution in [2.75, 3.05) is 18.3 Å². The number of benzene rings is 2. The second-order valence-electron chi connectivity index (χ2n) is 6.84. The lowest BCUT2D eigenvalue weighted by molar-refractivity contribution is 0.0984. The summed E-state index contributed by atoms with van der Waals surface area (Å²) < 4.78 is 30.1. The minimum absolute atomic E-state index is 0.0881. The van der Waals surface area contributed by atoms with Crippen LogP contribution in [-0.4, -0.2) is 37.7 Å². The van der Waals surface area contributed by atoms with Crippen LogP contribution >= 0.6 is 11.3 Å². The highest BCUT2D eigenvalue weighted by molar-refractivity contribution is 7.90. The van der Waals surface area contributed by atoms with Crippen molar-refractivity contribution in [1.82, 2.24) is 9.97 Å². The Morgan fingerprint density at radius 3 is 2.65 bits per heavy atom. The highest BCUT2D eigenvalue weighted by Gasteiger charge is 2.23. The van der Waals surface area contributed by atoms with Crippen molar-refractivity contribution in [3.05, 3.63) is 78.1 Å². The fourth-order valence-corrected chi connectivity index (χ4v) is 4.69. The molecule has 0 aliphatic carbocycles.